The number of ether oxygens (including phenoxy) is 1. The van der Waals surface area contributed by atoms with Crippen LogP contribution in [0, 0.1) is 0 Å². The normalized spacial score (nSPS) is 14.2. The van der Waals surface area contributed by atoms with Gasteiger partial charge in [-0.05, 0) is 102 Å². The minimum absolute atomic E-state index is 0.0345. The molecule has 9 nitrogen and oxygen atoms in total. The summed E-state index contributed by atoms with van der Waals surface area (Å²) in [6, 6.07) is -0.858. The molecule has 0 aromatic rings. The molecule has 0 bridgehead atoms. The number of allylic oxidation sites excluding steroid dienone is 13. The fourth-order valence-electron chi connectivity index (χ4n) is 8.90. The number of quaternary nitrogens is 1. The molecular weight excluding hydrogens is 976 g/mol. The largest absolute Gasteiger partial charge is 0.472 e. The second-order valence-electron chi connectivity index (χ2n) is 22.5. The van der Waals surface area contributed by atoms with E-state index in [1.165, 1.54) is 128 Å². The summed E-state index contributed by atoms with van der Waals surface area (Å²) in [5.41, 5.74) is 0. The highest BCUT2D eigenvalue weighted by Gasteiger charge is 2.30. The summed E-state index contributed by atoms with van der Waals surface area (Å²) < 4.78 is 30.7. The lowest BCUT2D eigenvalue weighted by atomic mass is 10.0. The van der Waals surface area contributed by atoms with Gasteiger partial charge < -0.3 is 19.4 Å². The van der Waals surface area contributed by atoms with Crippen LogP contribution < -0.4 is 5.32 Å². The number of phosphoric acid groups is 1. The average molecular weight is 1100 g/mol. The van der Waals surface area contributed by atoms with Crippen molar-refractivity contribution in [2.24, 2.45) is 0 Å². The molecule has 0 fully saturated rings. The smallest absolute Gasteiger partial charge is 0.456 e. The van der Waals surface area contributed by atoms with Crippen LogP contribution in [0.4, 0.5) is 0 Å². The van der Waals surface area contributed by atoms with Gasteiger partial charge in [-0.25, -0.2) is 4.57 Å². The third kappa shape index (κ3) is 57.7. The molecule has 0 heterocycles. The number of phosphoric ester groups is 1. The molecule has 0 rings (SSSR count). The van der Waals surface area contributed by atoms with E-state index in [9.17, 15) is 19.0 Å². The van der Waals surface area contributed by atoms with Gasteiger partial charge in [0.05, 0.1) is 33.8 Å². The van der Waals surface area contributed by atoms with E-state index in [-0.39, 0.29) is 31.5 Å². The number of carbonyl (C=O) groups excluding carboxylic acids is 2. The number of rotatable bonds is 57. The molecule has 0 saturated carbocycles. The zero-order valence-corrected chi connectivity index (χ0v) is 51.8. The lowest BCUT2D eigenvalue weighted by Gasteiger charge is -2.27. The Kier molecular flexibility index (Phi) is 54.4. The molecule has 3 unspecified atom stereocenters. The molecule has 10 heteroatoms. The predicted molar refractivity (Wildman–Crippen MR) is 332 cm³/mol. The maximum atomic E-state index is 13.5. The molecule has 3 atom stereocenters. The number of hydrogen-bond acceptors (Lipinski definition) is 6. The van der Waals surface area contributed by atoms with Gasteiger partial charge in [0.25, 0.3) is 0 Å². The molecule has 0 aromatic carbocycles. The van der Waals surface area contributed by atoms with E-state index in [0.29, 0.717) is 17.4 Å². The van der Waals surface area contributed by atoms with E-state index >= 15 is 0 Å². The van der Waals surface area contributed by atoms with Crippen molar-refractivity contribution in [2.75, 3.05) is 40.9 Å². The maximum absolute atomic E-state index is 13.5. The van der Waals surface area contributed by atoms with E-state index in [0.717, 1.165) is 116 Å². The van der Waals surface area contributed by atoms with Gasteiger partial charge in [-0.15, -0.1) is 0 Å². The second kappa shape index (κ2) is 56.5. The van der Waals surface area contributed by atoms with Crippen LogP contribution in [0.3, 0.4) is 0 Å². The van der Waals surface area contributed by atoms with Crippen molar-refractivity contribution in [3.63, 3.8) is 0 Å². The summed E-state index contributed by atoms with van der Waals surface area (Å²) in [7, 11) is 1.48. The molecule has 0 aliphatic carbocycles. The van der Waals surface area contributed by atoms with Crippen LogP contribution in [-0.2, 0) is 27.9 Å². The minimum atomic E-state index is -4.45. The Balaban J connectivity index is 5.16. The molecule has 0 aliphatic rings. The lowest BCUT2D eigenvalue weighted by Crippen LogP contribution is -2.47. The predicted octanol–water partition coefficient (Wildman–Crippen LogP) is 19.8. The summed E-state index contributed by atoms with van der Waals surface area (Å²) in [6.45, 7) is 6.87. The molecule has 2 N–H and O–H groups in total. The average Bonchev–Trinajstić information content (AvgIpc) is 3.39. The Morgan fingerprint density at radius 1 is 0.468 bits per heavy atom. The molecule has 0 aliphatic heterocycles. The van der Waals surface area contributed by atoms with Crippen LogP contribution in [0.1, 0.15) is 278 Å². The summed E-state index contributed by atoms with van der Waals surface area (Å²) in [5.74, 6) is -0.521. The number of likely N-dealkylation sites (N-methyl/N-ethyl adjacent to an activating group) is 1. The number of esters is 1. The van der Waals surface area contributed by atoms with Crippen LogP contribution in [0.25, 0.3) is 0 Å². The first kappa shape index (κ1) is 74.2. The Morgan fingerprint density at radius 2 is 0.831 bits per heavy atom. The molecule has 0 radical (unpaired) electrons. The first-order chi connectivity index (χ1) is 37.4. The highest BCUT2D eigenvalue weighted by atomic mass is 31.2. The fraction of sp³-hybridized carbons (Fsp3) is 0.761. The first-order valence-electron chi connectivity index (χ1n) is 31.9. The number of nitrogens with zero attached hydrogens (tertiary/aromatic N) is 1. The van der Waals surface area contributed by atoms with Crippen molar-refractivity contribution in [3.05, 3.63) is 85.1 Å². The maximum Gasteiger partial charge on any atom is 0.472 e. The summed E-state index contributed by atoms with van der Waals surface area (Å²) in [4.78, 5) is 37.7. The molecule has 0 saturated heterocycles. The van der Waals surface area contributed by atoms with E-state index < -0.39 is 20.0 Å². The van der Waals surface area contributed by atoms with Crippen LogP contribution >= 0.6 is 7.82 Å². The van der Waals surface area contributed by atoms with Crippen LogP contribution in [0.15, 0.2) is 85.1 Å². The third-order valence-electron chi connectivity index (χ3n) is 13.8. The van der Waals surface area contributed by atoms with E-state index in [4.69, 9.17) is 13.8 Å². The van der Waals surface area contributed by atoms with Crippen LogP contribution in [0.5, 0.6) is 0 Å². The SMILES string of the molecule is CC/C=C/C/C=C/CCCCCCCCCC(=O)NC(COP(=O)(O)OCC[N+](C)(C)C)C(/C=C\CCCCCCCCCCCC)OC(=O)CCCCCCCCCCC/C=C\C/C=C\C/C=C\C/C=C\CCCCC. The second-order valence-corrected chi connectivity index (χ2v) is 24.0. The zero-order valence-electron chi connectivity index (χ0n) is 50.9. The van der Waals surface area contributed by atoms with Crippen molar-refractivity contribution in [2.45, 2.75) is 290 Å². The highest BCUT2D eigenvalue weighted by Crippen LogP contribution is 2.43. The van der Waals surface area contributed by atoms with E-state index in [1.54, 1.807) is 0 Å². The number of unbranched alkanes of at least 4 members (excludes halogenated alkanes) is 29. The van der Waals surface area contributed by atoms with Gasteiger partial charge in [0, 0.05) is 12.8 Å². The first-order valence-corrected chi connectivity index (χ1v) is 33.4. The summed E-state index contributed by atoms with van der Waals surface area (Å²) in [5, 5.41) is 3.05. The van der Waals surface area contributed by atoms with Gasteiger partial charge in [0.1, 0.15) is 19.3 Å². The van der Waals surface area contributed by atoms with Crippen molar-refractivity contribution < 1.29 is 37.3 Å². The molecule has 0 spiro atoms. The Morgan fingerprint density at radius 3 is 1.27 bits per heavy atom. The number of hydrogen-bond donors (Lipinski definition) is 2. The molecular formula is C67H122N2O7P+. The van der Waals surface area contributed by atoms with Crippen LogP contribution in [-0.4, -0.2) is 74.3 Å². The highest BCUT2D eigenvalue weighted by molar-refractivity contribution is 7.47. The monoisotopic (exact) mass is 1100 g/mol. The van der Waals surface area contributed by atoms with Gasteiger partial charge in [-0.2, -0.15) is 0 Å². The van der Waals surface area contributed by atoms with Crippen LogP contribution in [0.2, 0.25) is 0 Å². The number of nitrogens with one attached hydrogen (secondary N) is 1. The minimum Gasteiger partial charge on any atom is -0.456 e. The quantitative estimate of drug-likeness (QED) is 0.0205. The van der Waals surface area contributed by atoms with Gasteiger partial charge in [-0.3, -0.25) is 18.6 Å². The van der Waals surface area contributed by atoms with Crippen molar-refractivity contribution >= 4 is 19.7 Å². The number of carbonyl (C=O) groups is 2. The summed E-state index contributed by atoms with van der Waals surface area (Å²) >= 11 is 0. The number of amides is 1. The molecule has 1 amide bonds. The third-order valence-corrected chi connectivity index (χ3v) is 14.8. The Hall–Kier alpha value is -2.81. The van der Waals surface area contributed by atoms with Crippen molar-refractivity contribution in [3.8, 4) is 0 Å². The fourth-order valence-corrected chi connectivity index (χ4v) is 9.64. The van der Waals surface area contributed by atoms with Gasteiger partial charge in [0.2, 0.25) is 5.91 Å². The van der Waals surface area contributed by atoms with E-state index in [1.807, 2.05) is 33.3 Å². The van der Waals surface area contributed by atoms with Crippen molar-refractivity contribution in [1.29, 1.82) is 0 Å². The van der Waals surface area contributed by atoms with Gasteiger partial charge >= 0.3 is 13.8 Å². The summed E-state index contributed by atoms with van der Waals surface area (Å²) in [6.07, 6.45) is 74.4. The molecule has 0 aromatic heterocycles. The topological polar surface area (TPSA) is 111 Å². The lowest BCUT2D eigenvalue weighted by molar-refractivity contribution is -0.870. The standard InChI is InChI=1S/C67H121N2O7P/c1-7-10-13-16-19-22-25-28-30-31-32-33-34-35-36-37-38-39-40-42-45-48-51-54-57-60-67(71)76-65(58-55-52-49-46-43-27-24-21-18-15-12-9-3)64(63-75-77(72,73)74-62-61-69(4,5)6)68-66(70)59-56-53-50-47-44-41-29-26-23-20-17-14-11-8-2/h11,14,19-20,22-23,28,30,32-33,35-36,55,58,64-65H,7-10,12-13,15-18,21,24-27,29,31,34,37-54,56-57,59-63H2,1-6H3,(H-,68,70,72,73)/p+1/b14-11+,22-19-,23-20+,30-28-,33-32-,36-35-,58-55-. The van der Waals surface area contributed by atoms with Gasteiger partial charge in [-0.1, -0.05) is 247 Å². The van der Waals surface area contributed by atoms with Crippen molar-refractivity contribution in [1.82, 2.24) is 5.32 Å². The molecule has 446 valence electrons. The molecule has 77 heavy (non-hydrogen) atoms. The Labute approximate surface area is 476 Å². The van der Waals surface area contributed by atoms with E-state index in [2.05, 4.69) is 99.0 Å². The Bertz CT molecular complexity index is 1590. The zero-order chi connectivity index (χ0) is 56.4. The van der Waals surface area contributed by atoms with Gasteiger partial charge in [0.15, 0.2) is 0 Å².